The number of hydrogen-bond acceptors (Lipinski definition) is 6. The highest BCUT2D eigenvalue weighted by molar-refractivity contribution is 7.15. The van der Waals surface area contributed by atoms with Crippen molar-refractivity contribution in [3.8, 4) is 0 Å². The lowest BCUT2D eigenvalue weighted by Gasteiger charge is -2.26. The molecule has 3 rings (SSSR count). The van der Waals surface area contributed by atoms with Crippen molar-refractivity contribution in [3.63, 3.8) is 0 Å². The van der Waals surface area contributed by atoms with E-state index in [2.05, 4.69) is 17.0 Å². The number of rotatable bonds is 2. The highest BCUT2D eigenvalue weighted by atomic mass is 32.1. The van der Waals surface area contributed by atoms with Crippen molar-refractivity contribution >= 4 is 16.5 Å². The highest BCUT2D eigenvalue weighted by Crippen LogP contribution is 2.42. The molecule has 1 aliphatic heterocycles. The van der Waals surface area contributed by atoms with Crippen molar-refractivity contribution in [2.45, 2.75) is 25.8 Å². The number of anilines is 1. The Labute approximate surface area is 110 Å². The van der Waals surface area contributed by atoms with Crippen LogP contribution >= 0.6 is 11.3 Å². The Morgan fingerprint density at radius 1 is 1.44 bits per heavy atom. The Kier molecular flexibility index (Phi) is 3.30. The van der Waals surface area contributed by atoms with Crippen molar-refractivity contribution in [2.24, 2.45) is 11.1 Å². The maximum atomic E-state index is 11.0. The molecule has 1 fully saturated rings. The molecule has 2 aliphatic rings. The van der Waals surface area contributed by atoms with Gasteiger partial charge in [0.2, 0.25) is 0 Å². The minimum atomic E-state index is -0.193. The fourth-order valence-electron chi connectivity index (χ4n) is 2.58. The van der Waals surface area contributed by atoms with E-state index in [0.717, 1.165) is 54.8 Å². The number of hydrogen-bond donors (Lipinski definition) is 0. The number of aromatic nitrogens is 1. The number of aryl methyl sites for hydroxylation is 1. The summed E-state index contributed by atoms with van der Waals surface area (Å²) in [6.07, 6.45) is 1.99. The molecule has 18 heavy (non-hydrogen) atoms. The molecular weight excluding hydrogens is 250 g/mol. The van der Waals surface area contributed by atoms with Crippen LogP contribution in [0.2, 0.25) is 0 Å². The number of fused-ring (bicyclic) bond motifs is 1. The van der Waals surface area contributed by atoms with Crippen molar-refractivity contribution in [2.75, 3.05) is 31.2 Å². The van der Waals surface area contributed by atoms with Gasteiger partial charge in [0.1, 0.15) is 6.04 Å². The smallest absolute Gasteiger partial charge is 0.186 e. The van der Waals surface area contributed by atoms with E-state index in [4.69, 9.17) is 9.72 Å². The predicted molar refractivity (Wildman–Crippen MR) is 71.2 cm³/mol. The van der Waals surface area contributed by atoms with Crippen LogP contribution in [0.15, 0.2) is 5.18 Å². The van der Waals surface area contributed by atoms with Gasteiger partial charge in [0.25, 0.3) is 0 Å². The SMILES string of the molecule is CC1CCc2nc(N3CCOCC3)sc2C1N=O. The Balaban J connectivity index is 1.88. The first kappa shape index (κ1) is 12.0. The van der Waals surface area contributed by atoms with Crippen LogP contribution < -0.4 is 4.90 Å². The maximum Gasteiger partial charge on any atom is 0.186 e. The highest BCUT2D eigenvalue weighted by Gasteiger charge is 2.32. The summed E-state index contributed by atoms with van der Waals surface area (Å²) in [5.74, 6) is 0.341. The first-order valence-corrected chi connectivity index (χ1v) is 7.26. The topological polar surface area (TPSA) is 54.8 Å². The third-order valence-corrected chi connectivity index (χ3v) is 4.98. The first-order chi connectivity index (χ1) is 8.79. The Morgan fingerprint density at radius 3 is 2.94 bits per heavy atom. The van der Waals surface area contributed by atoms with Crippen LogP contribution in [0.25, 0.3) is 0 Å². The van der Waals surface area contributed by atoms with Gasteiger partial charge in [0.15, 0.2) is 5.13 Å². The van der Waals surface area contributed by atoms with Gasteiger partial charge >= 0.3 is 0 Å². The molecule has 98 valence electrons. The zero-order valence-corrected chi connectivity index (χ0v) is 11.3. The zero-order valence-electron chi connectivity index (χ0n) is 10.5. The monoisotopic (exact) mass is 267 g/mol. The van der Waals surface area contributed by atoms with Gasteiger partial charge in [-0.2, -0.15) is 4.91 Å². The number of nitrogens with zero attached hydrogens (tertiary/aromatic N) is 3. The minimum Gasteiger partial charge on any atom is -0.378 e. The molecule has 0 bridgehead atoms. The molecule has 1 aliphatic carbocycles. The van der Waals surface area contributed by atoms with Gasteiger partial charge in [-0.3, -0.25) is 0 Å². The minimum absolute atomic E-state index is 0.193. The van der Waals surface area contributed by atoms with Crippen LogP contribution in [-0.4, -0.2) is 31.3 Å². The second-order valence-electron chi connectivity index (χ2n) is 4.97. The van der Waals surface area contributed by atoms with Gasteiger partial charge in [0.05, 0.1) is 23.8 Å². The largest absolute Gasteiger partial charge is 0.378 e. The summed E-state index contributed by atoms with van der Waals surface area (Å²) in [6.45, 7) is 5.40. The molecule has 2 atom stereocenters. The van der Waals surface area contributed by atoms with Crippen LogP contribution in [0, 0.1) is 10.8 Å². The van der Waals surface area contributed by atoms with Gasteiger partial charge in [-0.1, -0.05) is 23.4 Å². The van der Waals surface area contributed by atoms with E-state index < -0.39 is 0 Å². The molecule has 0 saturated carbocycles. The Morgan fingerprint density at radius 2 is 2.22 bits per heavy atom. The number of ether oxygens (including phenoxy) is 1. The number of morpholine rings is 1. The Hall–Kier alpha value is -1.01. The number of thiazole rings is 1. The molecule has 0 amide bonds. The zero-order chi connectivity index (χ0) is 12.5. The van der Waals surface area contributed by atoms with Crippen molar-refractivity contribution in [1.29, 1.82) is 0 Å². The predicted octanol–water partition coefficient (Wildman–Crippen LogP) is 2.37. The van der Waals surface area contributed by atoms with Crippen LogP contribution in [0.3, 0.4) is 0 Å². The van der Waals surface area contributed by atoms with E-state index in [-0.39, 0.29) is 6.04 Å². The molecule has 1 saturated heterocycles. The molecule has 1 aromatic heterocycles. The van der Waals surface area contributed by atoms with E-state index >= 15 is 0 Å². The third-order valence-electron chi connectivity index (χ3n) is 3.76. The summed E-state index contributed by atoms with van der Waals surface area (Å²) < 4.78 is 5.35. The van der Waals surface area contributed by atoms with Crippen molar-refractivity contribution in [1.82, 2.24) is 4.98 Å². The second kappa shape index (κ2) is 4.93. The van der Waals surface area contributed by atoms with Gasteiger partial charge in [-0.25, -0.2) is 4.98 Å². The van der Waals surface area contributed by atoms with Gasteiger partial charge < -0.3 is 9.64 Å². The first-order valence-electron chi connectivity index (χ1n) is 6.44. The summed E-state index contributed by atoms with van der Waals surface area (Å²) >= 11 is 1.64. The molecular formula is C12H17N3O2S. The average Bonchev–Trinajstić information content (AvgIpc) is 2.84. The molecule has 5 nitrogen and oxygen atoms in total. The molecule has 1 aromatic rings. The van der Waals surface area contributed by atoms with E-state index in [1.54, 1.807) is 11.3 Å². The van der Waals surface area contributed by atoms with E-state index in [9.17, 15) is 4.91 Å². The molecule has 0 aromatic carbocycles. The van der Waals surface area contributed by atoms with Gasteiger partial charge in [-0.15, -0.1) is 0 Å². The normalized spacial score (nSPS) is 27.9. The molecule has 2 unspecified atom stereocenters. The van der Waals surface area contributed by atoms with Crippen LogP contribution in [0.5, 0.6) is 0 Å². The summed E-state index contributed by atoms with van der Waals surface area (Å²) in [5.41, 5.74) is 1.09. The average molecular weight is 267 g/mol. The molecule has 0 N–H and O–H groups in total. The third kappa shape index (κ3) is 2.03. The standard InChI is InChI=1S/C12H17N3O2S/c1-8-2-3-9-11(10(8)14-16)18-12(13-9)15-4-6-17-7-5-15/h8,10H,2-7H2,1H3. The molecule has 0 spiro atoms. The van der Waals surface area contributed by atoms with Gasteiger partial charge in [0, 0.05) is 13.1 Å². The van der Waals surface area contributed by atoms with Gasteiger partial charge in [-0.05, 0) is 18.8 Å². The number of nitroso groups, excluding NO2 is 1. The fraction of sp³-hybridized carbons (Fsp3) is 0.750. The lowest BCUT2D eigenvalue weighted by Crippen LogP contribution is -2.36. The quantitative estimate of drug-likeness (QED) is 0.772. The van der Waals surface area contributed by atoms with Crippen molar-refractivity contribution < 1.29 is 4.74 Å². The molecule has 6 heteroatoms. The maximum absolute atomic E-state index is 11.0. The van der Waals surface area contributed by atoms with Crippen LogP contribution in [0.1, 0.15) is 30.0 Å². The summed E-state index contributed by atoms with van der Waals surface area (Å²) in [7, 11) is 0. The van der Waals surface area contributed by atoms with E-state index in [1.165, 1.54) is 0 Å². The van der Waals surface area contributed by atoms with E-state index in [1.807, 2.05) is 0 Å². The molecule has 0 radical (unpaired) electrons. The summed E-state index contributed by atoms with van der Waals surface area (Å²) in [4.78, 5) is 19.0. The molecule has 2 heterocycles. The summed E-state index contributed by atoms with van der Waals surface area (Å²) in [5, 5.41) is 4.34. The van der Waals surface area contributed by atoms with Crippen LogP contribution in [0.4, 0.5) is 5.13 Å². The Bertz CT molecular complexity index is 443. The van der Waals surface area contributed by atoms with E-state index in [0.29, 0.717) is 5.92 Å². The second-order valence-corrected chi connectivity index (χ2v) is 5.98. The fourth-order valence-corrected chi connectivity index (χ4v) is 3.91. The lowest BCUT2D eigenvalue weighted by molar-refractivity contribution is 0.122. The lowest BCUT2D eigenvalue weighted by atomic mass is 9.89. The summed E-state index contributed by atoms with van der Waals surface area (Å²) in [6, 6.07) is -0.193. The van der Waals surface area contributed by atoms with Crippen LogP contribution in [-0.2, 0) is 11.2 Å². The van der Waals surface area contributed by atoms with Crippen molar-refractivity contribution in [3.05, 3.63) is 15.5 Å².